The van der Waals surface area contributed by atoms with Crippen molar-refractivity contribution < 1.29 is 4.39 Å². The molecule has 0 saturated heterocycles. The van der Waals surface area contributed by atoms with Gasteiger partial charge in [-0.05, 0) is 54.5 Å². The van der Waals surface area contributed by atoms with E-state index in [4.69, 9.17) is 0 Å². The molecule has 0 amide bonds. The summed E-state index contributed by atoms with van der Waals surface area (Å²) in [5, 5.41) is 0. The van der Waals surface area contributed by atoms with Crippen molar-refractivity contribution in [1.82, 2.24) is 0 Å². The minimum Gasteiger partial charge on any atom is -0.207 e. The lowest BCUT2D eigenvalue weighted by molar-refractivity contribution is 0.606. The molecule has 0 radical (unpaired) electrons. The van der Waals surface area contributed by atoms with Crippen LogP contribution in [0.2, 0.25) is 0 Å². The normalized spacial score (nSPS) is 10.6. The maximum Gasteiger partial charge on any atom is 0.126 e. The number of hydrogen-bond acceptors (Lipinski definition) is 0. The Morgan fingerprint density at radius 2 is 1.56 bits per heavy atom. The molecule has 0 N–H and O–H groups in total. The molecule has 18 heavy (non-hydrogen) atoms. The largest absolute Gasteiger partial charge is 0.207 e. The lowest BCUT2D eigenvalue weighted by atomic mass is 9.99. The third-order valence-corrected chi connectivity index (χ3v) is 3.45. The van der Waals surface area contributed by atoms with Crippen molar-refractivity contribution in [3.05, 3.63) is 70.5 Å². The SMILES string of the molecule is CCc1ccc(CCc2c(C)cccc2F)cc1. The highest BCUT2D eigenvalue weighted by Gasteiger charge is 2.05. The summed E-state index contributed by atoms with van der Waals surface area (Å²) in [4.78, 5) is 0. The van der Waals surface area contributed by atoms with E-state index in [-0.39, 0.29) is 5.82 Å². The monoisotopic (exact) mass is 242 g/mol. The first-order valence-electron chi connectivity index (χ1n) is 6.52. The molecule has 0 aliphatic heterocycles. The van der Waals surface area contributed by atoms with Gasteiger partial charge in [0.1, 0.15) is 5.82 Å². The van der Waals surface area contributed by atoms with Gasteiger partial charge in [-0.2, -0.15) is 0 Å². The van der Waals surface area contributed by atoms with Crippen molar-refractivity contribution in [3.63, 3.8) is 0 Å². The maximum absolute atomic E-state index is 13.7. The molecule has 0 nitrogen and oxygen atoms in total. The average Bonchev–Trinajstić information content (AvgIpc) is 2.39. The molecule has 0 aliphatic rings. The van der Waals surface area contributed by atoms with Crippen molar-refractivity contribution in [2.75, 3.05) is 0 Å². The summed E-state index contributed by atoms with van der Waals surface area (Å²) in [5.41, 5.74) is 4.51. The van der Waals surface area contributed by atoms with Gasteiger partial charge in [-0.3, -0.25) is 0 Å². The van der Waals surface area contributed by atoms with E-state index in [2.05, 4.69) is 31.2 Å². The second-order valence-electron chi connectivity index (χ2n) is 4.71. The van der Waals surface area contributed by atoms with E-state index in [9.17, 15) is 4.39 Å². The molecule has 0 heterocycles. The summed E-state index contributed by atoms with van der Waals surface area (Å²) in [6.07, 6.45) is 2.72. The van der Waals surface area contributed by atoms with Gasteiger partial charge in [0.2, 0.25) is 0 Å². The topological polar surface area (TPSA) is 0 Å². The number of aryl methyl sites for hydroxylation is 3. The van der Waals surface area contributed by atoms with Crippen molar-refractivity contribution in [2.24, 2.45) is 0 Å². The van der Waals surface area contributed by atoms with Crippen LogP contribution in [-0.2, 0) is 19.3 Å². The Hall–Kier alpha value is -1.63. The maximum atomic E-state index is 13.7. The van der Waals surface area contributed by atoms with Crippen molar-refractivity contribution >= 4 is 0 Å². The van der Waals surface area contributed by atoms with Gasteiger partial charge < -0.3 is 0 Å². The van der Waals surface area contributed by atoms with Crippen LogP contribution in [0.25, 0.3) is 0 Å². The first-order valence-corrected chi connectivity index (χ1v) is 6.52. The molecule has 0 bridgehead atoms. The molecule has 94 valence electrons. The van der Waals surface area contributed by atoms with Gasteiger partial charge in [0, 0.05) is 0 Å². The second kappa shape index (κ2) is 5.81. The van der Waals surface area contributed by atoms with Crippen LogP contribution in [-0.4, -0.2) is 0 Å². The number of halogens is 1. The number of rotatable bonds is 4. The quantitative estimate of drug-likeness (QED) is 0.741. The van der Waals surface area contributed by atoms with Gasteiger partial charge in [-0.15, -0.1) is 0 Å². The van der Waals surface area contributed by atoms with Gasteiger partial charge in [0.15, 0.2) is 0 Å². The van der Waals surface area contributed by atoms with Gasteiger partial charge in [-0.1, -0.05) is 43.3 Å². The van der Waals surface area contributed by atoms with E-state index in [0.717, 1.165) is 30.4 Å². The fraction of sp³-hybridized carbons (Fsp3) is 0.294. The Kier molecular flexibility index (Phi) is 4.14. The molecule has 0 aliphatic carbocycles. The van der Waals surface area contributed by atoms with Gasteiger partial charge in [0.25, 0.3) is 0 Å². The summed E-state index contributed by atoms with van der Waals surface area (Å²) in [6.45, 7) is 4.12. The van der Waals surface area contributed by atoms with Gasteiger partial charge in [0.05, 0.1) is 0 Å². The van der Waals surface area contributed by atoms with Crippen LogP contribution < -0.4 is 0 Å². The van der Waals surface area contributed by atoms with E-state index in [0.29, 0.717) is 0 Å². The third-order valence-electron chi connectivity index (χ3n) is 3.45. The standard InChI is InChI=1S/C17H19F/c1-3-14-7-9-15(10-8-14)11-12-16-13(2)5-4-6-17(16)18/h4-10H,3,11-12H2,1-2H3. The van der Waals surface area contributed by atoms with Crippen molar-refractivity contribution in [3.8, 4) is 0 Å². The third kappa shape index (κ3) is 2.98. The summed E-state index contributed by atoms with van der Waals surface area (Å²) >= 11 is 0. The Morgan fingerprint density at radius 3 is 2.17 bits per heavy atom. The van der Waals surface area contributed by atoms with Crippen molar-refractivity contribution in [1.29, 1.82) is 0 Å². The molecule has 0 saturated carbocycles. The molecule has 0 aromatic heterocycles. The summed E-state index contributed by atoms with van der Waals surface area (Å²) in [6, 6.07) is 13.9. The highest BCUT2D eigenvalue weighted by Crippen LogP contribution is 2.16. The molecular formula is C17H19F. The molecule has 2 aromatic rings. The highest BCUT2D eigenvalue weighted by atomic mass is 19.1. The lowest BCUT2D eigenvalue weighted by Gasteiger charge is -2.07. The van der Waals surface area contributed by atoms with Crippen LogP contribution in [0.5, 0.6) is 0 Å². The fourth-order valence-corrected chi connectivity index (χ4v) is 2.19. The van der Waals surface area contributed by atoms with E-state index in [1.807, 2.05) is 13.0 Å². The smallest absolute Gasteiger partial charge is 0.126 e. The zero-order valence-corrected chi connectivity index (χ0v) is 11.0. The van der Waals surface area contributed by atoms with E-state index < -0.39 is 0 Å². The van der Waals surface area contributed by atoms with Crippen molar-refractivity contribution in [2.45, 2.75) is 33.1 Å². The summed E-state index contributed by atoms with van der Waals surface area (Å²) in [5.74, 6) is -0.0832. The van der Waals surface area contributed by atoms with E-state index in [1.54, 1.807) is 12.1 Å². The summed E-state index contributed by atoms with van der Waals surface area (Å²) in [7, 11) is 0. The van der Waals surface area contributed by atoms with Crippen LogP contribution in [0.4, 0.5) is 4.39 Å². The highest BCUT2D eigenvalue weighted by molar-refractivity contribution is 5.29. The minimum atomic E-state index is -0.0832. The molecule has 2 aromatic carbocycles. The van der Waals surface area contributed by atoms with Gasteiger partial charge in [-0.25, -0.2) is 4.39 Å². The Morgan fingerprint density at radius 1 is 0.889 bits per heavy atom. The minimum absolute atomic E-state index is 0.0832. The van der Waals surface area contributed by atoms with Crippen LogP contribution in [0.3, 0.4) is 0 Å². The number of benzene rings is 2. The Balaban J connectivity index is 2.06. The van der Waals surface area contributed by atoms with Crippen LogP contribution >= 0.6 is 0 Å². The summed E-state index contributed by atoms with van der Waals surface area (Å²) < 4.78 is 13.7. The first kappa shape index (κ1) is 12.8. The van der Waals surface area contributed by atoms with Crippen LogP contribution in [0.1, 0.15) is 29.2 Å². The van der Waals surface area contributed by atoms with Crippen LogP contribution in [0.15, 0.2) is 42.5 Å². The molecular weight excluding hydrogens is 223 g/mol. The number of hydrogen-bond donors (Lipinski definition) is 0. The van der Waals surface area contributed by atoms with E-state index >= 15 is 0 Å². The average molecular weight is 242 g/mol. The fourth-order valence-electron chi connectivity index (χ4n) is 2.19. The zero-order valence-electron chi connectivity index (χ0n) is 11.0. The zero-order chi connectivity index (χ0) is 13.0. The molecule has 0 fully saturated rings. The van der Waals surface area contributed by atoms with Crippen LogP contribution in [0, 0.1) is 12.7 Å². The van der Waals surface area contributed by atoms with E-state index in [1.165, 1.54) is 11.1 Å². The molecule has 0 unspecified atom stereocenters. The molecule has 2 rings (SSSR count). The Labute approximate surface area is 108 Å². The molecule has 0 atom stereocenters. The molecule has 0 spiro atoms. The lowest BCUT2D eigenvalue weighted by Crippen LogP contribution is -1.98. The second-order valence-corrected chi connectivity index (χ2v) is 4.71. The predicted molar refractivity (Wildman–Crippen MR) is 74.4 cm³/mol. The van der Waals surface area contributed by atoms with Gasteiger partial charge >= 0.3 is 0 Å². The molecule has 1 heteroatoms. The Bertz CT molecular complexity index is 491. The predicted octanol–water partition coefficient (Wildman–Crippen LogP) is 4.48. The first-order chi connectivity index (χ1) is 8.70.